The van der Waals surface area contributed by atoms with Crippen LogP contribution in [0.5, 0.6) is 11.5 Å². The van der Waals surface area contributed by atoms with Crippen molar-refractivity contribution < 1.29 is 13.9 Å². The maximum Gasteiger partial charge on any atom is 0.311 e. The summed E-state index contributed by atoms with van der Waals surface area (Å²) in [5.74, 6) is 0.911. The van der Waals surface area contributed by atoms with Gasteiger partial charge in [-0.15, -0.1) is 0 Å². The molecule has 0 bridgehead atoms. The van der Waals surface area contributed by atoms with Gasteiger partial charge < -0.3 is 10.1 Å². The SMILES string of the molecule is C[S@](=O)C[C@@H](NCc1ccc(Oc2ccccc2Cl)c([N+](=O)[O-])c1)c1ccccc1. The molecule has 0 aliphatic rings. The standard InChI is InChI=1S/C22H21ClN2O4S/c1-30(28)15-19(17-7-3-2-4-8-17)24-14-16-11-12-22(20(13-16)25(26)27)29-21-10-6-5-9-18(21)23/h2-13,19,24H,14-15H2,1H3/t19-,30+/m1/s1. The topological polar surface area (TPSA) is 81.5 Å². The van der Waals surface area contributed by atoms with Gasteiger partial charge in [0, 0.05) is 41.5 Å². The molecule has 1 N–H and O–H groups in total. The van der Waals surface area contributed by atoms with Crippen molar-refractivity contribution in [3.05, 3.63) is 99.1 Å². The van der Waals surface area contributed by atoms with Crippen LogP contribution in [0.15, 0.2) is 72.8 Å². The Morgan fingerprint density at radius 2 is 1.77 bits per heavy atom. The Morgan fingerprint density at radius 3 is 2.43 bits per heavy atom. The van der Waals surface area contributed by atoms with Crippen molar-refractivity contribution in [1.82, 2.24) is 5.32 Å². The fourth-order valence-electron chi connectivity index (χ4n) is 2.98. The monoisotopic (exact) mass is 444 g/mol. The van der Waals surface area contributed by atoms with Crippen LogP contribution in [0.2, 0.25) is 5.02 Å². The number of nitro groups is 1. The molecule has 0 saturated carbocycles. The van der Waals surface area contributed by atoms with Crippen molar-refractivity contribution in [1.29, 1.82) is 0 Å². The van der Waals surface area contributed by atoms with E-state index in [1.807, 2.05) is 30.3 Å². The molecule has 0 aliphatic carbocycles. The van der Waals surface area contributed by atoms with Crippen LogP contribution in [-0.4, -0.2) is 21.1 Å². The van der Waals surface area contributed by atoms with E-state index in [4.69, 9.17) is 16.3 Å². The summed E-state index contributed by atoms with van der Waals surface area (Å²) >= 11 is 6.09. The number of hydrogen-bond acceptors (Lipinski definition) is 5. The number of hydrogen-bond donors (Lipinski definition) is 1. The molecular weight excluding hydrogens is 424 g/mol. The predicted molar refractivity (Wildman–Crippen MR) is 120 cm³/mol. The number of nitro benzene ring substituents is 1. The van der Waals surface area contributed by atoms with Gasteiger partial charge in [0.25, 0.3) is 0 Å². The normalized spacial score (nSPS) is 12.9. The number of halogens is 1. The van der Waals surface area contributed by atoms with E-state index < -0.39 is 15.7 Å². The Kier molecular flexibility index (Phi) is 7.57. The van der Waals surface area contributed by atoms with Crippen molar-refractivity contribution in [2.75, 3.05) is 12.0 Å². The zero-order valence-corrected chi connectivity index (χ0v) is 17.9. The second-order valence-corrected chi connectivity index (χ2v) is 8.56. The lowest BCUT2D eigenvalue weighted by molar-refractivity contribution is -0.385. The van der Waals surface area contributed by atoms with Crippen LogP contribution in [0.4, 0.5) is 5.69 Å². The molecule has 2 atom stereocenters. The minimum atomic E-state index is -0.998. The summed E-state index contributed by atoms with van der Waals surface area (Å²) < 4.78 is 17.5. The fourth-order valence-corrected chi connectivity index (χ4v) is 3.94. The highest BCUT2D eigenvalue weighted by atomic mass is 35.5. The van der Waals surface area contributed by atoms with Crippen LogP contribution in [0, 0.1) is 10.1 Å². The quantitative estimate of drug-likeness (QED) is 0.360. The second kappa shape index (κ2) is 10.3. The molecule has 8 heteroatoms. The number of benzene rings is 3. The molecule has 6 nitrogen and oxygen atoms in total. The molecule has 3 rings (SSSR count). The van der Waals surface area contributed by atoms with E-state index in [9.17, 15) is 14.3 Å². The second-order valence-electron chi connectivity index (χ2n) is 6.68. The smallest absolute Gasteiger partial charge is 0.311 e. The Hall–Kier alpha value is -2.74. The highest BCUT2D eigenvalue weighted by Crippen LogP contribution is 2.35. The van der Waals surface area contributed by atoms with Gasteiger partial charge in [-0.1, -0.05) is 60.1 Å². The lowest BCUT2D eigenvalue weighted by Crippen LogP contribution is -2.25. The van der Waals surface area contributed by atoms with Gasteiger partial charge >= 0.3 is 5.69 Å². The van der Waals surface area contributed by atoms with Crippen molar-refractivity contribution in [2.24, 2.45) is 0 Å². The van der Waals surface area contributed by atoms with Crippen LogP contribution >= 0.6 is 11.6 Å². The summed E-state index contributed by atoms with van der Waals surface area (Å²) in [4.78, 5) is 11.1. The Balaban J connectivity index is 1.79. The number of nitrogens with one attached hydrogen (secondary N) is 1. The zero-order valence-electron chi connectivity index (χ0n) is 16.3. The van der Waals surface area contributed by atoms with Crippen LogP contribution in [-0.2, 0) is 17.3 Å². The largest absolute Gasteiger partial charge is 0.449 e. The first-order valence-electron chi connectivity index (χ1n) is 9.22. The predicted octanol–water partition coefficient (Wildman–Crippen LogP) is 5.25. The molecule has 0 saturated heterocycles. The van der Waals surface area contributed by atoms with Crippen LogP contribution < -0.4 is 10.1 Å². The first-order chi connectivity index (χ1) is 14.4. The van der Waals surface area contributed by atoms with E-state index in [-0.39, 0.29) is 17.5 Å². The van der Waals surface area contributed by atoms with Crippen molar-refractivity contribution in [3.63, 3.8) is 0 Å². The molecule has 0 unspecified atom stereocenters. The van der Waals surface area contributed by atoms with Gasteiger partial charge in [0.1, 0.15) is 5.75 Å². The summed E-state index contributed by atoms with van der Waals surface area (Å²) in [5.41, 5.74) is 1.58. The van der Waals surface area contributed by atoms with Gasteiger partial charge in [-0.05, 0) is 29.3 Å². The molecule has 0 radical (unpaired) electrons. The summed E-state index contributed by atoms with van der Waals surface area (Å²) in [6.07, 6.45) is 1.66. The van der Waals surface area contributed by atoms with E-state index in [2.05, 4.69) is 5.32 Å². The minimum absolute atomic E-state index is 0.117. The summed E-state index contributed by atoms with van der Waals surface area (Å²) in [5, 5.41) is 15.3. The lowest BCUT2D eigenvalue weighted by Gasteiger charge is -2.18. The van der Waals surface area contributed by atoms with E-state index in [1.54, 1.807) is 42.7 Å². The molecule has 0 spiro atoms. The first kappa shape index (κ1) is 22.0. The van der Waals surface area contributed by atoms with Gasteiger partial charge in [0.15, 0.2) is 0 Å². The van der Waals surface area contributed by atoms with Gasteiger partial charge in [-0.25, -0.2) is 0 Å². The Labute approximate surface area is 182 Å². The molecule has 156 valence electrons. The number of nitrogens with zero attached hydrogens (tertiary/aromatic N) is 1. The van der Waals surface area contributed by atoms with Gasteiger partial charge in [-0.2, -0.15) is 0 Å². The molecule has 0 amide bonds. The molecule has 0 aliphatic heterocycles. The maximum absolute atomic E-state index is 11.8. The zero-order chi connectivity index (χ0) is 21.5. The van der Waals surface area contributed by atoms with Gasteiger partial charge in [-0.3, -0.25) is 14.3 Å². The van der Waals surface area contributed by atoms with Crippen LogP contribution in [0.3, 0.4) is 0 Å². The third kappa shape index (κ3) is 5.89. The molecule has 0 aromatic heterocycles. The van der Waals surface area contributed by atoms with Gasteiger partial charge in [0.2, 0.25) is 5.75 Å². The Bertz CT molecular complexity index is 1050. The van der Waals surface area contributed by atoms with Crippen molar-refractivity contribution >= 4 is 28.1 Å². The first-order valence-corrected chi connectivity index (χ1v) is 11.3. The highest BCUT2D eigenvalue weighted by molar-refractivity contribution is 7.84. The molecule has 3 aromatic carbocycles. The number of ether oxygens (including phenoxy) is 1. The average molecular weight is 445 g/mol. The van der Waals surface area contributed by atoms with Crippen LogP contribution in [0.25, 0.3) is 0 Å². The third-order valence-corrected chi connectivity index (χ3v) is 5.55. The number of para-hydroxylation sites is 1. The van der Waals surface area contributed by atoms with E-state index in [1.165, 1.54) is 6.07 Å². The number of rotatable bonds is 9. The molecule has 0 fully saturated rings. The summed E-state index contributed by atoms with van der Waals surface area (Å²) in [6, 6.07) is 21.2. The average Bonchev–Trinajstić information content (AvgIpc) is 2.73. The minimum Gasteiger partial charge on any atom is -0.449 e. The summed E-state index contributed by atoms with van der Waals surface area (Å²) in [7, 11) is -0.998. The maximum atomic E-state index is 11.8. The molecule has 30 heavy (non-hydrogen) atoms. The van der Waals surface area contributed by atoms with E-state index >= 15 is 0 Å². The van der Waals surface area contributed by atoms with Crippen molar-refractivity contribution in [3.8, 4) is 11.5 Å². The Morgan fingerprint density at radius 1 is 1.07 bits per heavy atom. The van der Waals surface area contributed by atoms with Crippen molar-refractivity contribution in [2.45, 2.75) is 12.6 Å². The molecule has 0 heterocycles. The van der Waals surface area contributed by atoms with E-state index in [0.717, 1.165) is 11.1 Å². The molecule has 3 aromatic rings. The van der Waals surface area contributed by atoms with Gasteiger partial charge in [0.05, 0.1) is 9.95 Å². The fraction of sp³-hybridized carbons (Fsp3) is 0.182. The third-order valence-electron chi connectivity index (χ3n) is 4.43. The van der Waals surface area contributed by atoms with Crippen LogP contribution in [0.1, 0.15) is 17.2 Å². The lowest BCUT2D eigenvalue weighted by atomic mass is 10.1. The van der Waals surface area contributed by atoms with E-state index in [0.29, 0.717) is 23.1 Å². The highest BCUT2D eigenvalue weighted by Gasteiger charge is 2.19. The summed E-state index contributed by atoms with van der Waals surface area (Å²) in [6.45, 7) is 0.379. The molecular formula is C22H21ClN2O4S.